The van der Waals surface area contributed by atoms with Crippen LogP contribution in [0.4, 0.5) is 10.1 Å². The average Bonchev–Trinajstić information content (AvgIpc) is 2.21. The summed E-state index contributed by atoms with van der Waals surface area (Å²) >= 11 is 0. The van der Waals surface area contributed by atoms with Crippen LogP contribution in [0.15, 0.2) is 12.1 Å². The summed E-state index contributed by atoms with van der Waals surface area (Å²) in [5.74, 6) is -1.87. The Morgan fingerprint density at radius 3 is 2.73 bits per heavy atom. The average molecular weight is 214 g/mol. The van der Waals surface area contributed by atoms with Crippen LogP contribution < -0.4 is 11.5 Å². The Hall–Kier alpha value is -1.82. The van der Waals surface area contributed by atoms with Crippen molar-refractivity contribution in [3.8, 4) is 5.75 Å². The van der Waals surface area contributed by atoms with Crippen molar-refractivity contribution in [2.45, 2.75) is 6.04 Å². The maximum Gasteiger partial charge on any atom is 0.327 e. The highest BCUT2D eigenvalue weighted by Gasteiger charge is 2.21. The third kappa shape index (κ3) is 2.16. The van der Waals surface area contributed by atoms with Crippen molar-refractivity contribution in [3.05, 3.63) is 23.5 Å². The van der Waals surface area contributed by atoms with E-state index < -0.39 is 23.6 Å². The molecule has 1 rings (SSSR count). The number of carbonyl (C=O) groups is 1. The van der Waals surface area contributed by atoms with Crippen molar-refractivity contribution < 1.29 is 19.0 Å². The molecule has 6 heteroatoms. The molecule has 0 radical (unpaired) electrons. The van der Waals surface area contributed by atoms with Crippen LogP contribution in [-0.2, 0) is 9.53 Å². The van der Waals surface area contributed by atoms with Gasteiger partial charge in [0.2, 0.25) is 0 Å². The van der Waals surface area contributed by atoms with Gasteiger partial charge in [-0.15, -0.1) is 0 Å². The number of phenolic OH excluding ortho intramolecular Hbond substituents is 1. The van der Waals surface area contributed by atoms with Crippen molar-refractivity contribution in [2.75, 3.05) is 12.8 Å². The number of carbonyl (C=O) groups excluding carboxylic acids is 1. The number of rotatable bonds is 2. The predicted molar refractivity (Wildman–Crippen MR) is 51.4 cm³/mol. The van der Waals surface area contributed by atoms with E-state index in [0.717, 1.165) is 19.2 Å². The number of anilines is 1. The maximum atomic E-state index is 12.9. The van der Waals surface area contributed by atoms with E-state index in [-0.39, 0.29) is 11.3 Å². The topological polar surface area (TPSA) is 98.6 Å². The first kappa shape index (κ1) is 11.3. The molecule has 0 fully saturated rings. The van der Waals surface area contributed by atoms with Crippen LogP contribution in [0.2, 0.25) is 0 Å². The molecule has 1 atom stereocenters. The number of halogens is 1. The second-order valence-electron chi connectivity index (χ2n) is 2.93. The number of benzene rings is 1. The monoisotopic (exact) mass is 214 g/mol. The Kier molecular flexibility index (Phi) is 3.11. The third-order valence-electron chi connectivity index (χ3n) is 1.92. The van der Waals surface area contributed by atoms with Crippen molar-refractivity contribution in [2.24, 2.45) is 5.73 Å². The van der Waals surface area contributed by atoms with E-state index in [9.17, 15) is 14.3 Å². The molecule has 0 aliphatic rings. The number of hydrogen-bond acceptors (Lipinski definition) is 5. The molecule has 0 aliphatic heterocycles. The van der Waals surface area contributed by atoms with E-state index >= 15 is 0 Å². The Labute approximate surface area is 85.4 Å². The molecular formula is C9H11FN2O3. The molecule has 0 aromatic heterocycles. The smallest absolute Gasteiger partial charge is 0.327 e. The summed E-state index contributed by atoms with van der Waals surface area (Å²) in [6.45, 7) is 0. The summed E-state index contributed by atoms with van der Waals surface area (Å²) in [4.78, 5) is 11.1. The van der Waals surface area contributed by atoms with Gasteiger partial charge < -0.3 is 21.3 Å². The second kappa shape index (κ2) is 4.14. The molecule has 0 spiro atoms. The van der Waals surface area contributed by atoms with E-state index in [0.29, 0.717) is 0 Å². The zero-order valence-corrected chi connectivity index (χ0v) is 8.03. The molecule has 82 valence electrons. The Morgan fingerprint density at radius 2 is 2.20 bits per heavy atom. The zero-order chi connectivity index (χ0) is 11.6. The van der Waals surface area contributed by atoms with Gasteiger partial charge in [-0.05, 0) is 6.07 Å². The number of phenols is 1. The molecule has 0 amide bonds. The molecule has 0 saturated heterocycles. The molecule has 0 heterocycles. The minimum Gasteiger partial charge on any atom is -0.505 e. The third-order valence-corrected chi connectivity index (χ3v) is 1.92. The molecule has 0 saturated carbocycles. The second-order valence-corrected chi connectivity index (χ2v) is 2.93. The first-order valence-corrected chi connectivity index (χ1v) is 4.08. The van der Waals surface area contributed by atoms with Crippen LogP contribution in [0.25, 0.3) is 0 Å². The van der Waals surface area contributed by atoms with Crippen molar-refractivity contribution in [1.29, 1.82) is 0 Å². The number of nitrogen functional groups attached to an aromatic ring is 1. The first-order chi connectivity index (χ1) is 6.97. The minimum absolute atomic E-state index is 0.0978. The molecule has 1 aromatic carbocycles. The number of nitrogens with two attached hydrogens (primary N) is 2. The van der Waals surface area contributed by atoms with E-state index in [4.69, 9.17) is 11.5 Å². The minimum atomic E-state index is -1.26. The summed E-state index contributed by atoms with van der Waals surface area (Å²) in [6.07, 6.45) is 0. The first-order valence-electron chi connectivity index (χ1n) is 4.08. The molecule has 5 N–H and O–H groups in total. The van der Waals surface area contributed by atoms with Crippen LogP contribution in [0, 0.1) is 5.82 Å². The Bertz CT molecular complexity index is 395. The fraction of sp³-hybridized carbons (Fsp3) is 0.222. The van der Waals surface area contributed by atoms with Crippen molar-refractivity contribution >= 4 is 11.7 Å². The maximum absolute atomic E-state index is 12.9. The van der Waals surface area contributed by atoms with Gasteiger partial charge in [0, 0.05) is 11.6 Å². The van der Waals surface area contributed by atoms with Gasteiger partial charge in [0.15, 0.2) is 0 Å². The SMILES string of the molecule is COC(=O)[C@H](N)c1cc(F)cc(N)c1O. The number of hydrogen-bond donors (Lipinski definition) is 3. The van der Waals surface area contributed by atoms with Gasteiger partial charge in [-0.3, -0.25) is 4.79 Å². The number of ether oxygens (including phenoxy) is 1. The fourth-order valence-corrected chi connectivity index (χ4v) is 1.13. The van der Waals surface area contributed by atoms with Crippen LogP contribution in [0.5, 0.6) is 5.75 Å². The Balaban J connectivity index is 3.19. The van der Waals surface area contributed by atoms with Crippen LogP contribution in [0.3, 0.4) is 0 Å². The van der Waals surface area contributed by atoms with E-state index in [1.807, 2.05) is 0 Å². The fourth-order valence-electron chi connectivity index (χ4n) is 1.13. The van der Waals surface area contributed by atoms with Gasteiger partial charge in [-0.2, -0.15) is 0 Å². The molecule has 0 bridgehead atoms. The van der Waals surface area contributed by atoms with Gasteiger partial charge >= 0.3 is 5.97 Å². The van der Waals surface area contributed by atoms with E-state index in [1.165, 1.54) is 0 Å². The van der Waals surface area contributed by atoms with E-state index in [2.05, 4.69) is 4.74 Å². The standard InChI is InChI=1S/C9H11FN2O3/c1-15-9(14)7(12)5-2-4(10)3-6(11)8(5)13/h2-3,7,13H,11-12H2,1H3/t7-/m1/s1. The summed E-state index contributed by atoms with van der Waals surface area (Å²) in [5, 5.41) is 9.46. The highest BCUT2D eigenvalue weighted by atomic mass is 19.1. The zero-order valence-electron chi connectivity index (χ0n) is 8.03. The van der Waals surface area contributed by atoms with E-state index in [1.54, 1.807) is 0 Å². The van der Waals surface area contributed by atoms with Crippen LogP contribution in [0.1, 0.15) is 11.6 Å². The lowest BCUT2D eigenvalue weighted by molar-refractivity contribution is -0.142. The van der Waals surface area contributed by atoms with Crippen molar-refractivity contribution in [3.63, 3.8) is 0 Å². The summed E-state index contributed by atoms with van der Waals surface area (Å²) in [7, 11) is 1.14. The van der Waals surface area contributed by atoms with Gasteiger partial charge in [0.05, 0.1) is 12.8 Å². The lowest BCUT2D eigenvalue weighted by Crippen LogP contribution is -2.23. The Morgan fingerprint density at radius 1 is 1.60 bits per heavy atom. The van der Waals surface area contributed by atoms with Crippen LogP contribution >= 0.6 is 0 Å². The lowest BCUT2D eigenvalue weighted by atomic mass is 10.1. The molecule has 0 aliphatic carbocycles. The quantitative estimate of drug-likeness (QED) is 0.373. The lowest BCUT2D eigenvalue weighted by Gasteiger charge is -2.12. The summed E-state index contributed by atoms with van der Waals surface area (Å²) in [6, 6.07) is 0.615. The van der Waals surface area contributed by atoms with Crippen LogP contribution in [-0.4, -0.2) is 18.2 Å². The molecule has 1 aromatic rings. The van der Waals surface area contributed by atoms with Gasteiger partial charge in [0.25, 0.3) is 0 Å². The predicted octanol–water partition coefficient (Wildman–Crippen LogP) is 0.286. The highest BCUT2D eigenvalue weighted by molar-refractivity contribution is 5.79. The van der Waals surface area contributed by atoms with Gasteiger partial charge in [0.1, 0.15) is 17.6 Å². The van der Waals surface area contributed by atoms with Gasteiger partial charge in [-0.1, -0.05) is 0 Å². The summed E-state index contributed by atoms with van der Waals surface area (Å²) < 4.78 is 17.3. The van der Waals surface area contributed by atoms with Crippen molar-refractivity contribution in [1.82, 2.24) is 0 Å². The highest BCUT2D eigenvalue weighted by Crippen LogP contribution is 2.30. The summed E-state index contributed by atoms with van der Waals surface area (Å²) in [5.41, 5.74) is 10.5. The largest absolute Gasteiger partial charge is 0.505 e. The number of esters is 1. The molecule has 5 nitrogen and oxygen atoms in total. The molecule has 15 heavy (non-hydrogen) atoms. The number of aromatic hydroxyl groups is 1. The normalized spacial score (nSPS) is 12.2. The number of methoxy groups -OCH3 is 1. The van der Waals surface area contributed by atoms with Gasteiger partial charge in [-0.25, -0.2) is 4.39 Å². The molecular weight excluding hydrogens is 203 g/mol. The molecule has 0 unspecified atom stereocenters.